The summed E-state index contributed by atoms with van der Waals surface area (Å²) in [7, 11) is -4.21. The molecule has 0 bridgehead atoms. The third-order valence-electron chi connectivity index (χ3n) is 4.71. The molecule has 0 radical (unpaired) electrons. The van der Waals surface area contributed by atoms with Crippen LogP contribution in [0.2, 0.25) is 0 Å². The number of anilines is 2. The Morgan fingerprint density at radius 1 is 0.970 bits per heavy atom. The zero-order valence-corrected chi connectivity index (χ0v) is 19.1. The molecule has 1 aromatic heterocycles. The lowest BCUT2D eigenvalue weighted by molar-refractivity contribution is -0.114. The van der Waals surface area contributed by atoms with E-state index >= 15 is 0 Å². The summed E-state index contributed by atoms with van der Waals surface area (Å²) in [4.78, 5) is 12.7. The van der Waals surface area contributed by atoms with Crippen molar-refractivity contribution in [1.29, 1.82) is 0 Å². The highest BCUT2D eigenvalue weighted by Crippen LogP contribution is 2.28. The van der Waals surface area contributed by atoms with Gasteiger partial charge in [-0.3, -0.25) is 14.4 Å². The van der Waals surface area contributed by atoms with Crippen molar-refractivity contribution < 1.29 is 17.6 Å². The Labute approximate surface area is 194 Å². The van der Waals surface area contributed by atoms with Crippen LogP contribution in [0.15, 0.2) is 83.8 Å². The van der Waals surface area contributed by atoms with Gasteiger partial charge in [0.2, 0.25) is 11.0 Å². The third kappa shape index (κ3) is 5.07. The summed E-state index contributed by atoms with van der Waals surface area (Å²) in [5.74, 6) is -1.44. The molecule has 7 nitrogen and oxygen atoms in total. The van der Waals surface area contributed by atoms with Gasteiger partial charge >= 0.3 is 0 Å². The van der Waals surface area contributed by atoms with E-state index in [1.165, 1.54) is 30.3 Å². The number of carbonyl (C=O) groups excluding carboxylic acids is 1. The van der Waals surface area contributed by atoms with E-state index < -0.39 is 28.3 Å². The Morgan fingerprint density at radius 3 is 2.33 bits per heavy atom. The summed E-state index contributed by atoms with van der Waals surface area (Å²) in [5.41, 5.74) is 1.72. The molecule has 4 rings (SSSR count). The minimum atomic E-state index is -4.21. The number of aromatic nitrogens is 2. The molecule has 1 heterocycles. The number of amides is 1. The average molecular weight is 483 g/mol. The number of hydrogen-bond acceptors (Lipinski definition) is 6. The van der Waals surface area contributed by atoms with Gasteiger partial charge in [-0.1, -0.05) is 71.5 Å². The van der Waals surface area contributed by atoms with Crippen molar-refractivity contribution in [2.75, 3.05) is 16.2 Å². The number of rotatable bonds is 7. The SMILES string of the molecule is Cc1ccc(-c2nnc(NC(=O)CN(c3ccccc3F)S(=O)(=O)c3ccccc3)s2)cc1. The molecule has 0 saturated heterocycles. The van der Waals surface area contributed by atoms with Gasteiger partial charge in [0.15, 0.2) is 0 Å². The molecule has 3 aromatic carbocycles. The molecule has 0 aliphatic carbocycles. The highest BCUT2D eigenvalue weighted by molar-refractivity contribution is 7.92. The fourth-order valence-corrected chi connectivity index (χ4v) is 5.26. The van der Waals surface area contributed by atoms with Crippen molar-refractivity contribution in [2.45, 2.75) is 11.8 Å². The molecule has 1 amide bonds. The Balaban J connectivity index is 1.59. The predicted molar refractivity (Wildman–Crippen MR) is 126 cm³/mol. The lowest BCUT2D eigenvalue weighted by Gasteiger charge is -2.24. The Morgan fingerprint density at radius 2 is 1.64 bits per heavy atom. The summed E-state index contributed by atoms with van der Waals surface area (Å²) in [6.45, 7) is 1.33. The first-order valence-electron chi connectivity index (χ1n) is 9.87. The van der Waals surface area contributed by atoms with Crippen LogP contribution in [0, 0.1) is 12.7 Å². The minimum Gasteiger partial charge on any atom is -0.299 e. The van der Waals surface area contributed by atoms with Crippen molar-refractivity contribution in [3.8, 4) is 10.6 Å². The maximum absolute atomic E-state index is 14.5. The van der Waals surface area contributed by atoms with E-state index in [1.807, 2.05) is 31.2 Å². The number of para-hydroxylation sites is 1. The van der Waals surface area contributed by atoms with Crippen molar-refractivity contribution in [1.82, 2.24) is 10.2 Å². The van der Waals surface area contributed by atoms with Crippen molar-refractivity contribution in [2.24, 2.45) is 0 Å². The lowest BCUT2D eigenvalue weighted by atomic mass is 10.2. The second-order valence-electron chi connectivity index (χ2n) is 7.10. The van der Waals surface area contributed by atoms with Crippen LogP contribution in [0.4, 0.5) is 15.2 Å². The fraction of sp³-hybridized carbons (Fsp3) is 0.0870. The molecule has 0 aliphatic rings. The van der Waals surface area contributed by atoms with Crippen LogP contribution in [-0.4, -0.2) is 31.1 Å². The first-order chi connectivity index (χ1) is 15.8. The van der Waals surface area contributed by atoms with Crippen molar-refractivity contribution in [3.05, 3.63) is 90.2 Å². The minimum absolute atomic E-state index is 0.0568. The van der Waals surface area contributed by atoms with Gasteiger partial charge in [-0.2, -0.15) is 0 Å². The zero-order chi connectivity index (χ0) is 23.4. The highest BCUT2D eigenvalue weighted by atomic mass is 32.2. The van der Waals surface area contributed by atoms with Crippen LogP contribution >= 0.6 is 11.3 Å². The van der Waals surface area contributed by atoms with Gasteiger partial charge in [-0.05, 0) is 31.2 Å². The molecule has 1 N–H and O–H groups in total. The summed E-state index contributed by atoms with van der Waals surface area (Å²) in [5, 5.41) is 11.4. The van der Waals surface area contributed by atoms with E-state index in [0.717, 1.165) is 32.8 Å². The molecule has 0 fully saturated rings. The molecule has 0 aliphatic heterocycles. The highest BCUT2D eigenvalue weighted by Gasteiger charge is 2.29. The third-order valence-corrected chi connectivity index (χ3v) is 7.37. The Kier molecular flexibility index (Phi) is 6.47. The van der Waals surface area contributed by atoms with E-state index in [0.29, 0.717) is 5.01 Å². The number of benzene rings is 3. The molecule has 4 aromatic rings. The van der Waals surface area contributed by atoms with Gasteiger partial charge < -0.3 is 0 Å². The van der Waals surface area contributed by atoms with Crippen LogP contribution in [0.25, 0.3) is 10.6 Å². The normalized spacial score (nSPS) is 11.2. The number of aryl methyl sites for hydroxylation is 1. The van der Waals surface area contributed by atoms with Crippen LogP contribution < -0.4 is 9.62 Å². The summed E-state index contributed by atoms with van der Waals surface area (Å²) >= 11 is 1.15. The van der Waals surface area contributed by atoms with E-state index in [-0.39, 0.29) is 15.7 Å². The molecule has 0 saturated carbocycles. The Hall–Kier alpha value is -3.63. The summed E-state index contributed by atoms with van der Waals surface area (Å²) in [6, 6.07) is 20.6. The summed E-state index contributed by atoms with van der Waals surface area (Å²) < 4.78 is 41.8. The van der Waals surface area contributed by atoms with Gasteiger partial charge in [0, 0.05) is 5.56 Å². The smallest absolute Gasteiger partial charge is 0.264 e. The van der Waals surface area contributed by atoms with Gasteiger partial charge in [0.1, 0.15) is 17.4 Å². The molecule has 33 heavy (non-hydrogen) atoms. The molecular formula is C23H19FN4O3S2. The fourth-order valence-electron chi connectivity index (χ4n) is 3.05. The van der Waals surface area contributed by atoms with Crippen LogP contribution in [0.5, 0.6) is 0 Å². The Bertz CT molecular complexity index is 1370. The average Bonchev–Trinajstić information content (AvgIpc) is 3.27. The maximum Gasteiger partial charge on any atom is 0.264 e. The standard InChI is InChI=1S/C23H19FN4O3S2/c1-16-11-13-17(14-12-16)22-26-27-23(32-22)25-21(29)15-28(20-10-6-5-9-19(20)24)33(30,31)18-7-3-2-4-8-18/h2-14H,15H2,1H3,(H,25,27,29). The second kappa shape index (κ2) is 9.47. The quantitative estimate of drug-likeness (QED) is 0.419. The molecule has 168 valence electrons. The maximum atomic E-state index is 14.5. The molecular weight excluding hydrogens is 463 g/mol. The predicted octanol–water partition coefficient (Wildman–Crippen LogP) is 4.49. The first-order valence-corrected chi connectivity index (χ1v) is 12.1. The van der Waals surface area contributed by atoms with Crippen LogP contribution in [0.1, 0.15) is 5.56 Å². The number of nitrogens with one attached hydrogen (secondary N) is 1. The number of sulfonamides is 1. The molecule has 0 unspecified atom stereocenters. The van der Waals surface area contributed by atoms with Crippen molar-refractivity contribution in [3.63, 3.8) is 0 Å². The van der Waals surface area contributed by atoms with E-state index in [2.05, 4.69) is 15.5 Å². The molecule has 0 spiro atoms. The number of nitrogens with zero attached hydrogens (tertiary/aromatic N) is 3. The van der Waals surface area contributed by atoms with E-state index in [1.54, 1.807) is 18.2 Å². The van der Waals surface area contributed by atoms with E-state index in [9.17, 15) is 17.6 Å². The summed E-state index contributed by atoms with van der Waals surface area (Å²) in [6.07, 6.45) is 0. The van der Waals surface area contributed by atoms with Crippen LogP contribution in [0.3, 0.4) is 0 Å². The van der Waals surface area contributed by atoms with Crippen molar-refractivity contribution >= 4 is 38.1 Å². The topological polar surface area (TPSA) is 92.3 Å². The van der Waals surface area contributed by atoms with Crippen LogP contribution in [-0.2, 0) is 14.8 Å². The monoisotopic (exact) mass is 482 g/mol. The number of halogens is 1. The molecule has 0 atom stereocenters. The molecule has 10 heteroatoms. The van der Waals surface area contributed by atoms with Gasteiger partial charge in [0.25, 0.3) is 10.0 Å². The number of carbonyl (C=O) groups is 1. The largest absolute Gasteiger partial charge is 0.299 e. The van der Waals surface area contributed by atoms with Gasteiger partial charge in [-0.25, -0.2) is 12.8 Å². The second-order valence-corrected chi connectivity index (χ2v) is 9.94. The lowest BCUT2D eigenvalue weighted by Crippen LogP contribution is -2.38. The number of hydrogen-bond donors (Lipinski definition) is 1. The zero-order valence-electron chi connectivity index (χ0n) is 17.5. The first kappa shape index (κ1) is 22.6. The van der Waals surface area contributed by atoms with Gasteiger partial charge in [0.05, 0.1) is 10.6 Å². The van der Waals surface area contributed by atoms with Gasteiger partial charge in [-0.15, -0.1) is 10.2 Å². The van der Waals surface area contributed by atoms with E-state index in [4.69, 9.17) is 0 Å².